The number of hydrogen-bond acceptors (Lipinski definition) is 4. The van der Waals surface area contributed by atoms with E-state index in [1.807, 2.05) is 5.32 Å². The summed E-state index contributed by atoms with van der Waals surface area (Å²) in [6.45, 7) is 5.41. The van der Waals surface area contributed by atoms with Crippen LogP contribution in [-0.4, -0.2) is 19.6 Å². The lowest BCUT2D eigenvalue weighted by Gasteiger charge is -2.15. The molecule has 2 aromatic rings. The van der Waals surface area contributed by atoms with Gasteiger partial charge in [-0.15, -0.1) is 13.2 Å². The van der Waals surface area contributed by atoms with Gasteiger partial charge in [-0.1, -0.05) is 23.8 Å². The molecule has 0 saturated heterocycles. The van der Waals surface area contributed by atoms with E-state index in [-0.39, 0.29) is 18.1 Å². The number of rotatable bonds is 7. The molecule has 1 N–H and O–H groups in total. The minimum atomic E-state index is -4.81. The Bertz CT molecular complexity index is 1130. The fourth-order valence-corrected chi connectivity index (χ4v) is 2.75. The van der Waals surface area contributed by atoms with Crippen LogP contribution in [0.4, 0.5) is 18.9 Å². The number of hydrogen-bond donors (Lipinski definition) is 1. The van der Waals surface area contributed by atoms with Crippen LogP contribution in [0.25, 0.3) is 0 Å². The Morgan fingerprint density at radius 3 is 1.97 bits per heavy atom. The minimum absolute atomic E-state index is 0.194. The van der Waals surface area contributed by atoms with Crippen LogP contribution in [0.1, 0.15) is 5.56 Å². The van der Waals surface area contributed by atoms with E-state index in [9.17, 15) is 32.3 Å². The second-order valence-corrected chi connectivity index (χ2v) is 6.40. The average molecular weight is 445 g/mol. The first kappa shape index (κ1) is 22.9. The van der Waals surface area contributed by atoms with Crippen LogP contribution in [0.3, 0.4) is 0 Å². The van der Waals surface area contributed by atoms with Crippen LogP contribution >= 0.6 is 11.6 Å². The van der Waals surface area contributed by atoms with Crippen LogP contribution in [-0.2, 0) is 30.6 Å². The minimum Gasteiger partial charge on any atom is -0.324 e. The first-order valence-corrected chi connectivity index (χ1v) is 8.72. The number of aromatic nitrogens is 3. The highest BCUT2D eigenvalue weighted by Crippen LogP contribution is 2.36. The summed E-state index contributed by atoms with van der Waals surface area (Å²) in [4.78, 5) is 49.6. The lowest BCUT2D eigenvalue weighted by molar-refractivity contribution is -0.137. The maximum absolute atomic E-state index is 13.2. The molecule has 12 heteroatoms. The molecule has 2 rings (SSSR count). The van der Waals surface area contributed by atoms with E-state index >= 15 is 0 Å². The monoisotopic (exact) mass is 444 g/mol. The number of allylic oxidation sites excluding steroid dienone is 2. The maximum Gasteiger partial charge on any atom is 0.418 e. The number of nitrogens with one attached hydrogen (secondary N) is 1. The number of anilines is 1. The van der Waals surface area contributed by atoms with Crippen molar-refractivity contribution in [1.82, 2.24) is 13.7 Å². The van der Waals surface area contributed by atoms with Crippen molar-refractivity contribution in [3.05, 3.63) is 85.5 Å². The standard InChI is InChI=1S/C18H16ClF3N4O4/c1-3-7-24-15(28)25(8-4-2)17(30)26(16(24)29)10-14(27)23-13-6-5-11(19)9-12(13)18(20,21)22/h3-6,9H,1-2,7-8,10H2,(H,23,27). The van der Waals surface area contributed by atoms with Gasteiger partial charge in [-0.25, -0.2) is 28.1 Å². The van der Waals surface area contributed by atoms with E-state index in [4.69, 9.17) is 11.6 Å². The molecule has 0 saturated carbocycles. The smallest absolute Gasteiger partial charge is 0.324 e. The summed E-state index contributed by atoms with van der Waals surface area (Å²) in [5.74, 6) is -1.09. The fourth-order valence-electron chi connectivity index (χ4n) is 2.58. The van der Waals surface area contributed by atoms with Crippen LogP contribution in [0.5, 0.6) is 0 Å². The number of amides is 1. The Morgan fingerprint density at radius 2 is 1.50 bits per heavy atom. The number of alkyl halides is 3. The SMILES string of the molecule is C=CCn1c(=O)n(CC=C)c(=O)n(CC(=O)Nc2ccc(Cl)cc2C(F)(F)F)c1=O. The molecule has 1 heterocycles. The summed E-state index contributed by atoms with van der Waals surface area (Å²) < 4.78 is 41.3. The largest absolute Gasteiger partial charge is 0.418 e. The Labute approximate surface area is 172 Å². The summed E-state index contributed by atoms with van der Waals surface area (Å²) in [5.41, 5.74) is -4.94. The van der Waals surface area contributed by atoms with E-state index < -0.39 is 46.9 Å². The average Bonchev–Trinajstić information content (AvgIpc) is 2.66. The van der Waals surface area contributed by atoms with Crippen LogP contribution in [0, 0.1) is 0 Å². The summed E-state index contributed by atoms with van der Waals surface area (Å²) >= 11 is 5.59. The van der Waals surface area contributed by atoms with Gasteiger partial charge in [-0.05, 0) is 18.2 Å². The Kier molecular flexibility index (Phi) is 6.88. The van der Waals surface area contributed by atoms with Gasteiger partial charge < -0.3 is 5.32 Å². The summed E-state index contributed by atoms with van der Waals surface area (Å²) in [7, 11) is 0. The topological polar surface area (TPSA) is 95.1 Å². The van der Waals surface area contributed by atoms with Crippen molar-refractivity contribution in [2.24, 2.45) is 0 Å². The highest BCUT2D eigenvalue weighted by Gasteiger charge is 2.34. The normalized spacial score (nSPS) is 11.2. The van der Waals surface area contributed by atoms with Crippen molar-refractivity contribution >= 4 is 23.2 Å². The second kappa shape index (κ2) is 8.99. The van der Waals surface area contributed by atoms with Crippen LogP contribution in [0.2, 0.25) is 5.02 Å². The quantitative estimate of drug-likeness (QED) is 0.659. The van der Waals surface area contributed by atoms with Gasteiger partial charge in [-0.3, -0.25) is 4.79 Å². The molecule has 160 valence electrons. The van der Waals surface area contributed by atoms with Crippen LogP contribution < -0.4 is 22.4 Å². The lowest BCUT2D eigenvalue weighted by atomic mass is 10.1. The third-order valence-corrected chi connectivity index (χ3v) is 4.11. The van der Waals surface area contributed by atoms with Crippen LogP contribution in [0.15, 0.2) is 57.9 Å². The highest BCUT2D eigenvalue weighted by molar-refractivity contribution is 6.30. The first-order valence-electron chi connectivity index (χ1n) is 8.34. The first-order chi connectivity index (χ1) is 14.0. The lowest BCUT2D eigenvalue weighted by Crippen LogP contribution is -2.55. The molecule has 1 aromatic carbocycles. The van der Waals surface area contributed by atoms with Gasteiger partial charge >= 0.3 is 23.2 Å². The van der Waals surface area contributed by atoms with Gasteiger partial charge in [0.2, 0.25) is 5.91 Å². The van der Waals surface area contributed by atoms with Gasteiger partial charge in [0.25, 0.3) is 0 Å². The van der Waals surface area contributed by atoms with Gasteiger partial charge in [-0.2, -0.15) is 13.2 Å². The van der Waals surface area contributed by atoms with Gasteiger partial charge in [0.15, 0.2) is 0 Å². The van der Waals surface area contributed by atoms with E-state index in [2.05, 4.69) is 13.2 Å². The van der Waals surface area contributed by atoms with E-state index in [1.165, 1.54) is 12.2 Å². The molecule has 30 heavy (non-hydrogen) atoms. The zero-order valence-corrected chi connectivity index (χ0v) is 16.2. The van der Waals surface area contributed by atoms with Crippen molar-refractivity contribution in [1.29, 1.82) is 0 Å². The van der Waals surface area contributed by atoms with Gasteiger partial charge in [0, 0.05) is 5.02 Å². The molecule has 0 radical (unpaired) electrons. The number of carbonyl (C=O) groups is 1. The molecule has 0 bridgehead atoms. The molecule has 0 aliphatic carbocycles. The third-order valence-electron chi connectivity index (χ3n) is 3.87. The van der Waals surface area contributed by atoms with Crippen molar-refractivity contribution in [3.63, 3.8) is 0 Å². The summed E-state index contributed by atoms with van der Waals surface area (Å²) in [5, 5.41) is 1.82. The number of benzene rings is 1. The van der Waals surface area contributed by atoms with Gasteiger partial charge in [0.1, 0.15) is 6.54 Å². The number of halogens is 4. The van der Waals surface area contributed by atoms with E-state index in [0.29, 0.717) is 19.8 Å². The van der Waals surface area contributed by atoms with E-state index in [0.717, 1.165) is 12.1 Å². The maximum atomic E-state index is 13.2. The number of carbonyl (C=O) groups excluding carboxylic acids is 1. The van der Waals surface area contributed by atoms with Crippen molar-refractivity contribution in [2.75, 3.05) is 5.32 Å². The highest BCUT2D eigenvalue weighted by atomic mass is 35.5. The molecular formula is C18H16ClF3N4O4. The predicted molar refractivity (Wildman–Crippen MR) is 105 cm³/mol. The molecule has 1 aromatic heterocycles. The molecular weight excluding hydrogens is 429 g/mol. The van der Waals surface area contributed by atoms with Gasteiger partial charge in [0.05, 0.1) is 24.3 Å². The molecule has 1 amide bonds. The molecule has 8 nitrogen and oxygen atoms in total. The molecule has 0 fully saturated rings. The molecule has 0 aliphatic rings. The summed E-state index contributed by atoms with van der Waals surface area (Å²) in [6, 6.07) is 2.71. The fraction of sp³-hybridized carbons (Fsp3) is 0.222. The molecule has 0 spiro atoms. The molecule has 0 aliphatic heterocycles. The third kappa shape index (κ3) is 4.79. The zero-order chi connectivity index (χ0) is 22.6. The Balaban J connectivity index is 2.49. The van der Waals surface area contributed by atoms with Crippen molar-refractivity contribution in [3.8, 4) is 0 Å². The predicted octanol–water partition coefficient (Wildman–Crippen LogP) is 1.85. The molecule has 0 unspecified atom stereocenters. The van der Waals surface area contributed by atoms with Crippen molar-refractivity contribution < 1.29 is 18.0 Å². The molecule has 0 atom stereocenters. The second-order valence-electron chi connectivity index (χ2n) is 5.97. The van der Waals surface area contributed by atoms with Crippen molar-refractivity contribution in [2.45, 2.75) is 25.8 Å². The summed E-state index contributed by atoms with van der Waals surface area (Å²) in [6.07, 6.45) is -2.34. The van der Waals surface area contributed by atoms with E-state index in [1.54, 1.807) is 0 Å². The Hall–Kier alpha value is -3.34. The Morgan fingerprint density at radius 1 is 1.00 bits per heavy atom. The number of nitrogens with zero attached hydrogens (tertiary/aromatic N) is 3. The zero-order valence-electron chi connectivity index (χ0n) is 15.4.